The summed E-state index contributed by atoms with van der Waals surface area (Å²) in [6.07, 6.45) is 7.57. The van der Waals surface area contributed by atoms with Crippen LogP contribution in [0.15, 0.2) is 18.3 Å². The van der Waals surface area contributed by atoms with Crippen molar-refractivity contribution in [3.8, 4) is 0 Å². The molecule has 2 N–H and O–H groups in total. The maximum absolute atomic E-state index is 10.5. The molecule has 1 aromatic heterocycles. The largest absolute Gasteiger partial charge is 0.389 e. The summed E-state index contributed by atoms with van der Waals surface area (Å²) in [4.78, 5) is 0. The summed E-state index contributed by atoms with van der Waals surface area (Å²) in [6, 6.07) is 4.17. The normalized spacial score (nSPS) is 28.5. The minimum absolute atomic E-state index is 0.475. The van der Waals surface area contributed by atoms with Gasteiger partial charge in [-0.25, -0.2) is 0 Å². The Morgan fingerprint density at radius 3 is 2.72 bits per heavy atom. The summed E-state index contributed by atoms with van der Waals surface area (Å²) < 4.78 is 2.12. The molecular weight excluding hydrogens is 224 g/mol. The van der Waals surface area contributed by atoms with Crippen LogP contribution >= 0.6 is 0 Å². The molecule has 1 aromatic rings. The van der Waals surface area contributed by atoms with Crippen molar-refractivity contribution in [2.45, 2.75) is 51.2 Å². The van der Waals surface area contributed by atoms with Crippen molar-refractivity contribution in [3.63, 3.8) is 0 Å². The third-order valence-electron chi connectivity index (χ3n) is 4.42. The van der Waals surface area contributed by atoms with E-state index in [1.165, 1.54) is 25.0 Å². The van der Waals surface area contributed by atoms with Crippen molar-refractivity contribution in [3.05, 3.63) is 24.0 Å². The van der Waals surface area contributed by atoms with Gasteiger partial charge in [0.25, 0.3) is 0 Å². The average molecular weight is 250 g/mol. The van der Waals surface area contributed by atoms with Crippen molar-refractivity contribution < 1.29 is 5.11 Å². The highest BCUT2D eigenvalue weighted by Crippen LogP contribution is 2.33. The first-order chi connectivity index (χ1) is 8.63. The van der Waals surface area contributed by atoms with Gasteiger partial charge in [-0.1, -0.05) is 13.3 Å². The zero-order valence-electron chi connectivity index (χ0n) is 11.7. The third-order valence-corrected chi connectivity index (χ3v) is 4.42. The predicted molar refractivity (Wildman–Crippen MR) is 74.3 cm³/mol. The first-order valence-electron chi connectivity index (χ1n) is 7.16. The highest BCUT2D eigenvalue weighted by molar-refractivity contribution is 5.06. The molecule has 1 aliphatic rings. The summed E-state index contributed by atoms with van der Waals surface area (Å²) in [6.45, 7) is 3.81. The molecule has 2 rings (SSSR count). The van der Waals surface area contributed by atoms with Gasteiger partial charge in [-0.2, -0.15) is 0 Å². The van der Waals surface area contributed by atoms with Crippen molar-refractivity contribution in [2.24, 2.45) is 13.0 Å². The monoisotopic (exact) mass is 250 g/mol. The number of hydrogen-bond acceptors (Lipinski definition) is 2. The number of rotatable bonds is 5. The van der Waals surface area contributed by atoms with Crippen LogP contribution in [0, 0.1) is 5.92 Å². The second-order valence-corrected chi connectivity index (χ2v) is 5.79. The second kappa shape index (κ2) is 5.89. The Kier molecular flexibility index (Phi) is 4.46. The Morgan fingerprint density at radius 1 is 1.44 bits per heavy atom. The zero-order valence-corrected chi connectivity index (χ0v) is 11.7. The van der Waals surface area contributed by atoms with Gasteiger partial charge in [0, 0.05) is 32.0 Å². The summed E-state index contributed by atoms with van der Waals surface area (Å²) in [7, 11) is 2.05. The second-order valence-electron chi connectivity index (χ2n) is 5.79. The molecule has 0 aromatic carbocycles. The van der Waals surface area contributed by atoms with Gasteiger partial charge in [-0.05, 0) is 43.7 Å². The molecule has 1 saturated carbocycles. The van der Waals surface area contributed by atoms with Gasteiger partial charge in [0.15, 0.2) is 0 Å². The van der Waals surface area contributed by atoms with Crippen LogP contribution in [0.5, 0.6) is 0 Å². The Labute approximate surface area is 110 Å². The van der Waals surface area contributed by atoms with Crippen LogP contribution in [0.2, 0.25) is 0 Å². The van der Waals surface area contributed by atoms with Crippen LogP contribution in [0.1, 0.15) is 44.7 Å². The van der Waals surface area contributed by atoms with Gasteiger partial charge in [0.1, 0.15) is 0 Å². The summed E-state index contributed by atoms with van der Waals surface area (Å²) in [5, 5.41) is 13.9. The fourth-order valence-electron chi connectivity index (χ4n) is 2.90. The van der Waals surface area contributed by atoms with E-state index < -0.39 is 5.60 Å². The first-order valence-corrected chi connectivity index (χ1v) is 7.16. The molecule has 0 radical (unpaired) electrons. The first kappa shape index (κ1) is 13.6. The number of nitrogens with zero attached hydrogens (tertiary/aromatic N) is 1. The average Bonchev–Trinajstić information content (AvgIpc) is 2.76. The topological polar surface area (TPSA) is 37.2 Å². The molecule has 0 saturated heterocycles. The van der Waals surface area contributed by atoms with Crippen molar-refractivity contribution in [2.75, 3.05) is 6.54 Å². The number of aliphatic hydroxyl groups is 1. The van der Waals surface area contributed by atoms with E-state index in [1.54, 1.807) is 0 Å². The number of hydrogen-bond donors (Lipinski definition) is 2. The molecule has 18 heavy (non-hydrogen) atoms. The summed E-state index contributed by atoms with van der Waals surface area (Å²) in [5.74, 6) is 0.832. The van der Waals surface area contributed by atoms with Crippen molar-refractivity contribution in [1.29, 1.82) is 0 Å². The predicted octanol–water partition coefficient (Wildman–Crippen LogP) is 2.45. The maximum atomic E-state index is 10.5. The molecule has 3 heteroatoms. The minimum atomic E-state index is -0.475. The molecule has 102 valence electrons. The van der Waals surface area contributed by atoms with Crippen molar-refractivity contribution >= 4 is 0 Å². The molecule has 0 aliphatic heterocycles. The highest BCUT2D eigenvalue weighted by Gasteiger charge is 2.32. The quantitative estimate of drug-likeness (QED) is 0.842. The van der Waals surface area contributed by atoms with Gasteiger partial charge in [0.05, 0.1) is 5.60 Å². The number of aryl methyl sites for hydroxylation is 1. The highest BCUT2D eigenvalue weighted by atomic mass is 16.3. The van der Waals surface area contributed by atoms with Crippen LogP contribution in [0.4, 0.5) is 0 Å². The van der Waals surface area contributed by atoms with E-state index in [4.69, 9.17) is 0 Å². The lowest BCUT2D eigenvalue weighted by atomic mass is 9.78. The van der Waals surface area contributed by atoms with E-state index in [9.17, 15) is 5.11 Å². The maximum Gasteiger partial charge on any atom is 0.0771 e. The van der Waals surface area contributed by atoms with Crippen LogP contribution in [0.25, 0.3) is 0 Å². The summed E-state index contributed by atoms with van der Waals surface area (Å²) in [5.41, 5.74) is 0.789. The van der Waals surface area contributed by atoms with Crippen molar-refractivity contribution in [1.82, 2.24) is 9.88 Å². The van der Waals surface area contributed by atoms with E-state index in [0.717, 1.165) is 25.3 Å². The smallest absolute Gasteiger partial charge is 0.0771 e. The standard InChI is InChI=1S/C15H26N2O/c1-3-13-6-8-15(18,9-7-13)12-16-11-14-5-4-10-17(14)2/h4-5,10,13,16,18H,3,6-9,11-12H2,1-2H3. The van der Waals surface area contributed by atoms with E-state index in [0.29, 0.717) is 6.54 Å². The molecular formula is C15H26N2O. The van der Waals surface area contributed by atoms with Gasteiger partial charge < -0.3 is 15.0 Å². The Morgan fingerprint density at radius 2 is 2.17 bits per heavy atom. The van der Waals surface area contributed by atoms with E-state index in [-0.39, 0.29) is 0 Å². The molecule has 3 nitrogen and oxygen atoms in total. The molecule has 1 fully saturated rings. The lowest BCUT2D eigenvalue weighted by Gasteiger charge is -2.36. The van der Waals surface area contributed by atoms with Crippen LogP contribution in [0.3, 0.4) is 0 Å². The number of nitrogens with one attached hydrogen (secondary N) is 1. The molecule has 1 aliphatic carbocycles. The molecule has 0 atom stereocenters. The molecule has 0 amide bonds. The van der Waals surface area contributed by atoms with E-state index in [1.807, 2.05) is 0 Å². The molecule has 1 heterocycles. The third kappa shape index (κ3) is 3.36. The summed E-state index contributed by atoms with van der Waals surface area (Å²) >= 11 is 0. The van der Waals surface area contributed by atoms with Gasteiger partial charge in [-0.3, -0.25) is 0 Å². The Hall–Kier alpha value is -0.800. The van der Waals surface area contributed by atoms with Crippen LogP contribution < -0.4 is 5.32 Å². The lowest BCUT2D eigenvalue weighted by Crippen LogP contribution is -2.43. The Bertz CT molecular complexity index is 364. The molecule has 0 unspecified atom stereocenters. The van der Waals surface area contributed by atoms with Crippen LogP contribution in [-0.2, 0) is 13.6 Å². The molecule has 0 spiro atoms. The van der Waals surface area contributed by atoms with Gasteiger partial charge in [-0.15, -0.1) is 0 Å². The van der Waals surface area contributed by atoms with E-state index in [2.05, 4.69) is 42.2 Å². The van der Waals surface area contributed by atoms with E-state index >= 15 is 0 Å². The SMILES string of the molecule is CCC1CCC(O)(CNCc2cccn2C)CC1. The fourth-order valence-corrected chi connectivity index (χ4v) is 2.90. The Balaban J connectivity index is 1.75. The molecule has 0 bridgehead atoms. The van der Waals surface area contributed by atoms with Gasteiger partial charge in [0.2, 0.25) is 0 Å². The number of aromatic nitrogens is 1. The zero-order chi connectivity index (χ0) is 13.0. The van der Waals surface area contributed by atoms with Crippen LogP contribution in [-0.4, -0.2) is 21.8 Å². The lowest BCUT2D eigenvalue weighted by molar-refractivity contribution is -0.00889. The minimum Gasteiger partial charge on any atom is -0.389 e. The fraction of sp³-hybridized carbons (Fsp3) is 0.733. The van der Waals surface area contributed by atoms with Gasteiger partial charge >= 0.3 is 0 Å².